The lowest BCUT2D eigenvalue weighted by Crippen LogP contribution is -2.44. The fraction of sp³-hybridized carbons (Fsp3) is 0.923. The Morgan fingerprint density at radius 2 is 2.26 bits per heavy atom. The van der Waals surface area contributed by atoms with Gasteiger partial charge in [0.15, 0.2) is 0 Å². The zero-order chi connectivity index (χ0) is 13.9. The first-order chi connectivity index (χ1) is 9.03. The summed E-state index contributed by atoms with van der Waals surface area (Å²) in [4.78, 5) is 13.1. The molecule has 2 atom stereocenters. The number of hydrogen-bond donors (Lipinski definition) is 1. The molecule has 0 aromatic rings. The molecule has 1 saturated carbocycles. The number of carboxylic acids is 1. The first-order valence-electron chi connectivity index (χ1n) is 6.94. The number of hydrogen-bond acceptors (Lipinski definition) is 4. The van der Waals surface area contributed by atoms with Gasteiger partial charge in [-0.05, 0) is 24.8 Å². The van der Waals surface area contributed by atoms with Gasteiger partial charge in [0.25, 0.3) is 0 Å². The summed E-state index contributed by atoms with van der Waals surface area (Å²) in [5, 5.41) is 8.86. The summed E-state index contributed by atoms with van der Waals surface area (Å²) in [6, 6.07) is 0. The van der Waals surface area contributed by atoms with Crippen molar-refractivity contribution in [2.24, 2.45) is 5.41 Å². The molecule has 0 aromatic heterocycles. The van der Waals surface area contributed by atoms with E-state index in [1.54, 1.807) is 0 Å². The number of morpholine rings is 1. The van der Waals surface area contributed by atoms with E-state index in [-0.39, 0.29) is 17.9 Å². The Kier molecular flexibility index (Phi) is 4.97. The van der Waals surface area contributed by atoms with Crippen LogP contribution in [0.1, 0.15) is 26.2 Å². The van der Waals surface area contributed by atoms with Crippen LogP contribution in [0.2, 0.25) is 0 Å². The molecular formula is C13H23NO4S. The first kappa shape index (κ1) is 14.9. The minimum Gasteiger partial charge on any atom is -0.481 e. The minimum absolute atomic E-state index is 0.0372. The molecule has 110 valence electrons. The average Bonchev–Trinajstić information content (AvgIpc) is 3.07. The van der Waals surface area contributed by atoms with Crippen LogP contribution in [0.25, 0.3) is 0 Å². The molecule has 19 heavy (non-hydrogen) atoms. The molecular weight excluding hydrogens is 266 g/mol. The molecule has 0 aromatic carbocycles. The fourth-order valence-electron chi connectivity index (χ4n) is 2.65. The lowest BCUT2D eigenvalue weighted by molar-refractivity contribution is -0.138. The number of rotatable bonds is 7. The third-order valence-electron chi connectivity index (χ3n) is 3.99. The van der Waals surface area contributed by atoms with E-state index >= 15 is 0 Å². The average molecular weight is 289 g/mol. The molecule has 1 heterocycles. The predicted octanol–water partition coefficient (Wildman–Crippen LogP) is 0.711. The number of ether oxygens (including phenoxy) is 1. The summed E-state index contributed by atoms with van der Waals surface area (Å²) in [6.45, 7) is 5.60. The molecule has 0 amide bonds. The maximum absolute atomic E-state index is 12.2. The molecule has 1 aliphatic heterocycles. The summed E-state index contributed by atoms with van der Waals surface area (Å²) in [6.07, 6.45) is 2.00. The molecule has 5 nitrogen and oxygen atoms in total. The van der Waals surface area contributed by atoms with Gasteiger partial charge in [-0.15, -0.1) is 0 Å². The second kappa shape index (κ2) is 6.33. The smallest absolute Gasteiger partial charge is 0.303 e. The zero-order valence-electron chi connectivity index (χ0n) is 11.5. The van der Waals surface area contributed by atoms with Crippen LogP contribution in [0.3, 0.4) is 0 Å². The highest BCUT2D eigenvalue weighted by Crippen LogP contribution is 2.49. The molecule has 1 saturated heterocycles. The standard InChI is InChI=1S/C13H23NO4S/c1-2-14-5-6-18-11(8-14)9-19(17)10-13(3-4-13)7-12(15)16/h11H,2-10H2,1H3,(H,15,16). The Labute approximate surface area is 116 Å². The molecule has 0 spiro atoms. The van der Waals surface area contributed by atoms with Crippen LogP contribution in [-0.4, -0.2) is 64.0 Å². The summed E-state index contributed by atoms with van der Waals surface area (Å²) in [5.41, 5.74) is -0.185. The van der Waals surface area contributed by atoms with Crippen LogP contribution < -0.4 is 0 Å². The van der Waals surface area contributed by atoms with E-state index in [0.29, 0.717) is 18.1 Å². The first-order valence-corrected chi connectivity index (χ1v) is 8.42. The number of carbonyl (C=O) groups is 1. The van der Waals surface area contributed by atoms with Crippen molar-refractivity contribution in [3.8, 4) is 0 Å². The molecule has 1 N–H and O–H groups in total. The van der Waals surface area contributed by atoms with Crippen LogP contribution in [0.15, 0.2) is 0 Å². The van der Waals surface area contributed by atoms with Crippen molar-refractivity contribution >= 4 is 16.8 Å². The Hall–Kier alpha value is -0.460. The van der Waals surface area contributed by atoms with Crippen molar-refractivity contribution in [2.75, 3.05) is 37.7 Å². The van der Waals surface area contributed by atoms with Gasteiger partial charge in [0.05, 0.1) is 24.9 Å². The summed E-state index contributed by atoms with van der Waals surface area (Å²) < 4.78 is 17.8. The van der Waals surface area contributed by atoms with Gasteiger partial charge in [-0.3, -0.25) is 13.9 Å². The van der Waals surface area contributed by atoms with Crippen LogP contribution in [-0.2, 0) is 20.3 Å². The van der Waals surface area contributed by atoms with E-state index in [9.17, 15) is 9.00 Å². The van der Waals surface area contributed by atoms with Gasteiger partial charge in [-0.25, -0.2) is 0 Å². The molecule has 2 rings (SSSR count). The molecule has 2 unspecified atom stereocenters. The van der Waals surface area contributed by atoms with Crippen LogP contribution in [0, 0.1) is 5.41 Å². The summed E-state index contributed by atoms with van der Waals surface area (Å²) in [5.74, 6) is 0.281. The lowest BCUT2D eigenvalue weighted by atomic mass is 10.1. The van der Waals surface area contributed by atoms with Gasteiger partial charge in [0.1, 0.15) is 0 Å². The highest BCUT2D eigenvalue weighted by atomic mass is 32.2. The van der Waals surface area contributed by atoms with E-state index in [4.69, 9.17) is 9.84 Å². The van der Waals surface area contributed by atoms with Gasteiger partial charge in [-0.1, -0.05) is 6.92 Å². The topological polar surface area (TPSA) is 66.8 Å². The number of likely N-dealkylation sites (N-methyl/N-ethyl adjacent to an activating group) is 1. The number of carboxylic acid groups (broad SMARTS) is 1. The highest BCUT2D eigenvalue weighted by Gasteiger charge is 2.45. The second-order valence-corrected chi connectivity index (χ2v) is 7.21. The normalized spacial score (nSPS) is 27.9. The maximum Gasteiger partial charge on any atom is 0.303 e. The molecule has 2 aliphatic rings. The molecule has 0 bridgehead atoms. The maximum atomic E-state index is 12.2. The van der Waals surface area contributed by atoms with Gasteiger partial charge in [0.2, 0.25) is 0 Å². The lowest BCUT2D eigenvalue weighted by Gasteiger charge is -2.32. The third-order valence-corrected chi connectivity index (χ3v) is 5.67. The monoisotopic (exact) mass is 289 g/mol. The molecule has 1 aliphatic carbocycles. The second-order valence-electron chi connectivity index (χ2n) is 5.71. The minimum atomic E-state index is -0.973. The van der Waals surface area contributed by atoms with E-state index in [0.717, 1.165) is 32.5 Å². The predicted molar refractivity (Wildman–Crippen MR) is 73.7 cm³/mol. The van der Waals surface area contributed by atoms with E-state index in [1.807, 2.05) is 0 Å². The Bertz CT molecular complexity index is 357. The van der Waals surface area contributed by atoms with Gasteiger partial charge >= 0.3 is 5.97 Å². The Morgan fingerprint density at radius 1 is 1.53 bits per heavy atom. The van der Waals surface area contributed by atoms with Gasteiger partial charge in [-0.2, -0.15) is 0 Å². The third kappa shape index (κ3) is 4.54. The van der Waals surface area contributed by atoms with Crippen LogP contribution >= 0.6 is 0 Å². The van der Waals surface area contributed by atoms with Crippen molar-refractivity contribution in [3.63, 3.8) is 0 Å². The Balaban J connectivity index is 1.76. The fourth-order valence-corrected chi connectivity index (χ4v) is 4.45. The van der Waals surface area contributed by atoms with Gasteiger partial charge < -0.3 is 9.84 Å². The highest BCUT2D eigenvalue weighted by molar-refractivity contribution is 7.85. The Morgan fingerprint density at radius 3 is 2.84 bits per heavy atom. The number of nitrogens with zero attached hydrogens (tertiary/aromatic N) is 1. The van der Waals surface area contributed by atoms with Crippen LogP contribution in [0.5, 0.6) is 0 Å². The van der Waals surface area contributed by atoms with E-state index in [2.05, 4.69) is 11.8 Å². The van der Waals surface area contributed by atoms with Crippen molar-refractivity contribution in [1.82, 2.24) is 4.90 Å². The van der Waals surface area contributed by atoms with Crippen LogP contribution in [0.4, 0.5) is 0 Å². The summed E-state index contributed by atoms with van der Waals surface area (Å²) in [7, 11) is -0.973. The quantitative estimate of drug-likeness (QED) is 0.748. The van der Waals surface area contributed by atoms with Crippen molar-refractivity contribution in [3.05, 3.63) is 0 Å². The van der Waals surface area contributed by atoms with E-state index in [1.165, 1.54) is 0 Å². The van der Waals surface area contributed by atoms with Crippen molar-refractivity contribution in [1.29, 1.82) is 0 Å². The largest absolute Gasteiger partial charge is 0.481 e. The summed E-state index contributed by atoms with van der Waals surface area (Å²) >= 11 is 0. The SMILES string of the molecule is CCN1CCOC(CS(=O)CC2(CC(=O)O)CC2)C1. The molecule has 6 heteroatoms. The zero-order valence-corrected chi connectivity index (χ0v) is 12.3. The van der Waals surface area contributed by atoms with Crippen molar-refractivity contribution < 1.29 is 18.8 Å². The number of aliphatic carboxylic acids is 1. The van der Waals surface area contributed by atoms with Gasteiger partial charge in [0, 0.05) is 29.6 Å². The van der Waals surface area contributed by atoms with Crippen molar-refractivity contribution in [2.45, 2.75) is 32.3 Å². The van der Waals surface area contributed by atoms with E-state index < -0.39 is 16.8 Å². The molecule has 0 radical (unpaired) electrons. The molecule has 2 fully saturated rings.